The fourth-order valence-corrected chi connectivity index (χ4v) is 8.72. The second-order valence-corrected chi connectivity index (χ2v) is 21.6. The van der Waals surface area contributed by atoms with Gasteiger partial charge in [-0.3, -0.25) is 58.3 Å². The summed E-state index contributed by atoms with van der Waals surface area (Å²) >= 11 is 0.827. The number of azo groups is 1. The van der Waals surface area contributed by atoms with E-state index < -0.39 is 96.6 Å². The van der Waals surface area contributed by atoms with Gasteiger partial charge in [0.25, 0.3) is 5.91 Å². The number of rotatable bonds is 38. The summed E-state index contributed by atoms with van der Waals surface area (Å²) in [7, 11) is 0. The molecule has 0 saturated carbocycles. The van der Waals surface area contributed by atoms with E-state index in [2.05, 4.69) is 72.1 Å². The van der Waals surface area contributed by atoms with Gasteiger partial charge in [0.05, 0.1) is 70.2 Å². The van der Waals surface area contributed by atoms with Crippen LogP contribution in [0.3, 0.4) is 0 Å². The number of nitrogens with two attached hydrogens (primary N) is 1. The minimum Gasteiger partial charge on any atom is -0.494 e. The van der Waals surface area contributed by atoms with Gasteiger partial charge in [-0.2, -0.15) is 18.3 Å². The van der Waals surface area contributed by atoms with E-state index in [9.17, 15) is 66.2 Å². The molecule has 1 aliphatic rings. The lowest BCUT2D eigenvalue weighted by Gasteiger charge is -2.27. The molecule has 94 heavy (non-hydrogen) atoms. The Hall–Kier alpha value is -8.94. The van der Waals surface area contributed by atoms with Crippen molar-refractivity contribution in [3.63, 3.8) is 0 Å². The number of halogens is 3. The molecule has 9 amide bonds. The number of nitrogens with one attached hydrogen (secondary N) is 9. The number of amides is 9. The number of ether oxygens (including phenoxy) is 4. The maximum absolute atomic E-state index is 14.0. The van der Waals surface area contributed by atoms with Crippen LogP contribution in [0.5, 0.6) is 5.75 Å². The molecule has 1 aliphatic heterocycles. The topological polar surface area (TPSA) is 451 Å². The number of carbonyl (C=O) groups is 10. The number of nitrogens with zero attached hydrogens (tertiary/aromatic N) is 4. The van der Waals surface area contributed by atoms with Gasteiger partial charge in [-0.05, 0) is 79.5 Å². The Kier molecular flexibility index (Phi) is 35.5. The van der Waals surface area contributed by atoms with Crippen molar-refractivity contribution in [2.45, 2.75) is 113 Å². The summed E-state index contributed by atoms with van der Waals surface area (Å²) in [4.78, 5) is 136. The highest BCUT2D eigenvalue weighted by Gasteiger charge is 2.39. The number of aliphatic carboxylic acids is 1. The highest BCUT2D eigenvalue weighted by molar-refractivity contribution is 7.94. The molecule has 1 saturated heterocycles. The van der Waals surface area contributed by atoms with Gasteiger partial charge in [0.1, 0.15) is 29.9 Å². The molecule has 1 fully saturated rings. The standard InChI is InChI=1S/C58H79F3N14O18S/c1-36(2)50-55(85)71-41(10-5-20-66-57(62)74-56(86)58(59,60)61)52(82)68-35-48(78)70-43(32-49(79)80)53(83)72-42(54(84)73-50)31-37-12-15-40(16-13-37)91-26-8-22-64-47(77)19-18-46(76)63-21-6-24-88-27-29-90-30-28-89-25-7-23-65-51(81)39-14-17-45(67-33-39)75-69-34-38-9-3-4-11-44(38)94-93-92-87/h3-4,9,11-17,33,36,41-43,50,87H,5-8,10,18-32,34-35H2,1-2H3,(H,63,76)(H,64,77)(H,65,81)(H,68,82)(H,70,78)(H,71,85)(H,72,83)(H,73,84)(H,79,80)(H3,62,66,74,86)/t41-,42+,43-,50-/m0/s1. The van der Waals surface area contributed by atoms with Crippen molar-refractivity contribution in [1.82, 2.24) is 52.8 Å². The summed E-state index contributed by atoms with van der Waals surface area (Å²) < 4.78 is 64.8. The number of alkyl halides is 3. The van der Waals surface area contributed by atoms with E-state index in [1.807, 2.05) is 12.1 Å². The van der Waals surface area contributed by atoms with E-state index in [1.165, 1.54) is 11.5 Å². The second kappa shape index (κ2) is 43.1. The minimum absolute atomic E-state index is 0.0228. The molecule has 1 aromatic heterocycles. The third-order valence-corrected chi connectivity index (χ3v) is 13.8. The van der Waals surface area contributed by atoms with E-state index >= 15 is 0 Å². The van der Waals surface area contributed by atoms with Crippen LogP contribution < -0.4 is 58.3 Å². The highest BCUT2D eigenvalue weighted by atomic mass is 32.2. The summed E-state index contributed by atoms with van der Waals surface area (Å²) in [5, 5.41) is 51.6. The van der Waals surface area contributed by atoms with E-state index in [0.717, 1.165) is 17.6 Å². The summed E-state index contributed by atoms with van der Waals surface area (Å²) in [6.07, 6.45) is -3.85. The smallest absolute Gasteiger partial charge is 0.471 e. The Balaban J connectivity index is 1.07. The van der Waals surface area contributed by atoms with Crippen LogP contribution in [0.2, 0.25) is 0 Å². The van der Waals surface area contributed by atoms with Crippen molar-refractivity contribution in [3.05, 3.63) is 83.6 Å². The molecule has 3 aromatic rings. The van der Waals surface area contributed by atoms with Crippen LogP contribution in [0.25, 0.3) is 0 Å². The molecule has 0 radical (unpaired) electrons. The molecule has 0 spiro atoms. The molecule has 32 nitrogen and oxygen atoms in total. The fourth-order valence-electron chi connectivity index (χ4n) is 8.25. The molecular formula is C58H79F3N14O18S. The lowest BCUT2D eigenvalue weighted by atomic mass is 9.99. The summed E-state index contributed by atoms with van der Waals surface area (Å²) in [5.74, 6) is -10.3. The van der Waals surface area contributed by atoms with E-state index in [1.54, 1.807) is 62.4 Å². The zero-order valence-electron chi connectivity index (χ0n) is 51.6. The lowest BCUT2D eigenvalue weighted by Crippen LogP contribution is -2.59. The normalized spacial score (nSPS) is 16.8. The van der Waals surface area contributed by atoms with Crippen molar-refractivity contribution in [1.29, 1.82) is 0 Å². The van der Waals surface area contributed by atoms with Crippen molar-refractivity contribution < 1.29 is 99.8 Å². The summed E-state index contributed by atoms with van der Waals surface area (Å²) in [6.45, 7) is 5.60. The molecule has 13 N–H and O–H groups in total. The SMILES string of the molecule is CC(C)[C@@H]1NC(=O)[C@@H](Cc2ccc(OCCCNC(=O)CCC(=O)NCCCOCCOCCOCCCNC(=O)c3ccc(N=NCc4ccccc4SOOO)nc3)cc2)NC(=O)[C@H](CC(=O)O)NC(=O)CNC(=O)[C@H](CCCN=C(N)NC(=O)C(F)(F)F)NC1=O. The molecule has 2 heterocycles. The van der Waals surface area contributed by atoms with E-state index in [4.69, 9.17) is 29.9 Å². The first-order chi connectivity index (χ1) is 45.0. The third kappa shape index (κ3) is 31.6. The van der Waals surface area contributed by atoms with Gasteiger partial charge in [0.15, 0.2) is 11.8 Å². The average molecular weight is 1350 g/mol. The zero-order valence-corrected chi connectivity index (χ0v) is 52.4. The highest BCUT2D eigenvalue weighted by Crippen LogP contribution is 2.25. The van der Waals surface area contributed by atoms with Crippen LogP contribution in [-0.2, 0) is 79.7 Å². The van der Waals surface area contributed by atoms with Crippen LogP contribution in [0, 0.1) is 5.92 Å². The Bertz CT molecular complexity index is 3010. The molecule has 2 aromatic carbocycles. The van der Waals surface area contributed by atoms with Crippen LogP contribution in [0.1, 0.15) is 86.7 Å². The summed E-state index contributed by atoms with van der Waals surface area (Å²) in [6, 6.07) is 10.7. The molecule has 36 heteroatoms. The molecule has 516 valence electrons. The van der Waals surface area contributed by atoms with Crippen LogP contribution in [0.4, 0.5) is 19.0 Å². The Morgan fingerprint density at radius 3 is 1.97 bits per heavy atom. The number of aromatic nitrogens is 1. The molecule has 0 aliphatic carbocycles. The van der Waals surface area contributed by atoms with Crippen molar-refractivity contribution >= 4 is 83.0 Å². The summed E-state index contributed by atoms with van der Waals surface area (Å²) in [5.41, 5.74) is 6.99. The predicted octanol–water partition coefficient (Wildman–Crippen LogP) is 1.35. The number of carboxylic acids is 1. The molecule has 0 bridgehead atoms. The van der Waals surface area contributed by atoms with Gasteiger partial charge in [-0.15, -0.1) is 9.45 Å². The number of aliphatic imine (C=N–C) groups is 1. The molecule has 0 unspecified atom stereocenters. The quantitative estimate of drug-likeness (QED) is 0.00733. The van der Waals surface area contributed by atoms with Crippen molar-refractivity contribution in [3.8, 4) is 5.75 Å². The monoisotopic (exact) mass is 1350 g/mol. The predicted molar refractivity (Wildman–Crippen MR) is 327 cm³/mol. The Morgan fingerprint density at radius 1 is 0.734 bits per heavy atom. The van der Waals surface area contributed by atoms with E-state index in [-0.39, 0.29) is 76.1 Å². The van der Waals surface area contributed by atoms with Crippen LogP contribution in [-0.4, -0.2) is 190 Å². The number of carboxylic acid groups (broad SMARTS) is 1. The van der Waals surface area contributed by atoms with Gasteiger partial charge >= 0.3 is 18.1 Å². The second-order valence-electron chi connectivity index (χ2n) is 20.8. The number of benzene rings is 2. The van der Waals surface area contributed by atoms with Gasteiger partial charge < -0.3 is 72.3 Å². The number of carbonyl (C=O) groups excluding carboxylic acids is 9. The molecular weight excluding hydrogens is 1270 g/mol. The zero-order chi connectivity index (χ0) is 68.7. The first kappa shape index (κ1) is 77.5. The number of hydrogen-bond acceptors (Lipinski definition) is 22. The van der Waals surface area contributed by atoms with Crippen molar-refractivity contribution in [2.24, 2.45) is 26.9 Å². The van der Waals surface area contributed by atoms with Gasteiger partial charge in [-0.25, -0.2) is 10.2 Å². The maximum Gasteiger partial charge on any atom is 0.471 e. The maximum atomic E-state index is 14.0. The Labute approximate surface area is 542 Å². The number of hydrogen-bond donors (Lipinski definition) is 12. The van der Waals surface area contributed by atoms with E-state index in [0.29, 0.717) is 99.6 Å². The molecule has 4 rings (SSSR count). The van der Waals surface area contributed by atoms with Gasteiger partial charge in [0, 0.05) is 69.7 Å². The lowest BCUT2D eigenvalue weighted by molar-refractivity contribution is -0.432. The van der Waals surface area contributed by atoms with Crippen LogP contribution in [0.15, 0.2) is 87.0 Å². The largest absolute Gasteiger partial charge is 0.494 e. The Morgan fingerprint density at radius 2 is 1.35 bits per heavy atom. The first-order valence-electron chi connectivity index (χ1n) is 29.7. The van der Waals surface area contributed by atoms with Gasteiger partial charge in [-0.1, -0.05) is 49.2 Å². The van der Waals surface area contributed by atoms with Crippen molar-refractivity contribution in [2.75, 3.05) is 79.0 Å². The number of pyridine rings is 1. The fraction of sp³-hybridized carbons (Fsp3) is 0.517. The average Bonchev–Trinajstić information content (AvgIpc) is 3.07. The molecule has 4 atom stereocenters. The first-order valence-corrected chi connectivity index (χ1v) is 30.5. The minimum atomic E-state index is -5.24. The van der Waals surface area contributed by atoms with Crippen LogP contribution >= 0.6 is 12.0 Å². The number of guanidine groups is 1. The van der Waals surface area contributed by atoms with Gasteiger partial charge in [0.2, 0.25) is 41.4 Å². The third-order valence-electron chi connectivity index (χ3n) is 13.1.